The summed E-state index contributed by atoms with van der Waals surface area (Å²) in [6, 6.07) is 2.89. The van der Waals surface area contributed by atoms with Gasteiger partial charge in [0.2, 0.25) is 0 Å². The molecule has 0 N–H and O–H groups in total. The zero-order chi connectivity index (χ0) is 13.5. The van der Waals surface area contributed by atoms with Crippen LogP contribution in [-0.4, -0.2) is 43.6 Å². The Morgan fingerprint density at radius 2 is 1.61 bits per heavy atom. The highest BCUT2D eigenvalue weighted by Crippen LogP contribution is 2.29. The van der Waals surface area contributed by atoms with Crippen LogP contribution in [0, 0.1) is 11.8 Å². The second-order valence-corrected chi connectivity index (χ2v) is 5.79. The summed E-state index contributed by atoms with van der Waals surface area (Å²) < 4.78 is 0. The van der Waals surface area contributed by atoms with Crippen LogP contribution in [0.15, 0.2) is 9.98 Å². The Kier molecular flexibility index (Phi) is 10.6. The van der Waals surface area contributed by atoms with Crippen molar-refractivity contribution >= 4 is 18.4 Å². The van der Waals surface area contributed by atoms with Gasteiger partial charge in [-0.05, 0) is 45.8 Å². The Balaban J connectivity index is 0. The lowest BCUT2D eigenvalue weighted by Gasteiger charge is -2.32. The van der Waals surface area contributed by atoms with Crippen molar-refractivity contribution < 1.29 is 0 Å². The van der Waals surface area contributed by atoms with Crippen LogP contribution in [0.3, 0.4) is 0 Å². The molecule has 108 valence electrons. The van der Waals surface area contributed by atoms with Crippen LogP contribution in [0.1, 0.15) is 41.0 Å². The molecule has 4 heteroatoms. The normalized spacial score (nSPS) is 11.4. The summed E-state index contributed by atoms with van der Waals surface area (Å²) in [6.45, 7) is 12.9. The maximum absolute atomic E-state index is 4.54. The Labute approximate surface area is 119 Å². The number of hydrogen-bond donors (Lipinski definition) is 0. The van der Waals surface area contributed by atoms with E-state index in [1.54, 1.807) is 0 Å². The molecule has 0 amide bonds. The van der Waals surface area contributed by atoms with Crippen molar-refractivity contribution in [2.24, 2.45) is 21.8 Å². The Hall–Kier alpha value is -0.370. The van der Waals surface area contributed by atoms with E-state index in [9.17, 15) is 0 Å². The van der Waals surface area contributed by atoms with E-state index < -0.39 is 0 Å². The highest BCUT2D eigenvalue weighted by atomic mass is 35.5. The van der Waals surface area contributed by atoms with Crippen molar-refractivity contribution in [2.45, 2.75) is 46.6 Å². The molecule has 18 heavy (non-hydrogen) atoms. The van der Waals surface area contributed by atoms with Crippen molar-refractivity contribution in [3.8, 4) is 0 Å². The van der Waals surface area contributed by atoms with Crippen molar-refractivity contribution in [2.75, 3.05) is 27.2 Å². The van der Waals surface area contributed by atoms with E-state index in [1.807, 2.05) is 0 Å². The van der Waals surface area contributed by atoms with Gasteiger partial charge >= 0.3 is 0 Å². The highest BCUT2D eigenvalue weighted by Gasteiger charge is 2.31. The first-order valence-electron chi connectivity index (χ1n) is 6.58. The maximum atomic E-state index is 4.54. The van der Waals surface area contributed by atoms with Gasteiger partial charge in [0.15, 0.2) is 0 Å². The van der Waals surface area contributed by atoms with Crippen LogP contribution in [0.5, 0.6) is 0 Å². The van der Waals surface area contributed by atoms with E-state index in [2.05, 4.69) is 69.6 Å². The molecule has 0 aromatic heterocycles. The topological polar surface area (TPSA) is 28.0 Å². The van der Waals surface area contributed by atoms with Crippen LogP contribution >= 0.6 is 12.4 Å². The molecule has 0 aliphatic heterocycles. The van der Waals surface area contributed by atoms with Gasteiger partial charge in [0, 0.05) is 0 Å². The molecule has 0 aliphatic rings. The fraction of sp³-hybridized carbons (Fsp3) is 0.929. The fourth-order valence-electron chi connectivity index (χ4n) is 1.58. The molecule has 0 heterocycles. The number of nitrogens with zero attached hydrogens (tertiary/aromatic N) is 3. The van der Waals surface area contributed by atoms with E-state index in [1.165, 1.54) is 0 Å². The van der Waals surface area contributed by atoms with Crippen LogP contribution in [0.4, 0.5) is 0 Å². The molecule has 0 radical (unpaired) electrons. The number of aliphatic imine (C=N–C) groups is 2. The highest BCUT2D eigenvalue weighted by molar-refractivity contribution is 5.85. The minimum absolute atomic E-state index is 0. The summed E-state index contributed by atoms with van der Waals surface area (Å²) >= 11 is 0. The molecule has 0 aromatic carbocycles. The lowest BCUT2D eigenvalue weighted by Crippen LogP contribution is -2.35. The summed E-state index contributed by atoms with van der Waals surface area (Å²) in [7, 11) is 4.15. The van der Waals surface area contributed by atoms with Crippen molar-refractivity contribution in [3.63, 3.8) is 0 Å². The van der Waals surface area contributed by atoms with Crippen molar-refractivity contribution in [1.82, 2.24) is 4.90 Å². The number of rotatable bonds is 7. The van der Waals surface area contributed by atoms with Gasteiger partial charge < -0.3 is 4.90 Å². The second-order valence-electron chi connectivity index (χ2n) is 5.79. The monoisotopic (exact) mass is 275 g/mol. The van der Waals surface area contributed by atoms with E-state index in [0.29, 0.717) is 11.8 Å². The molecule has 0 bridgehead atoms. The van der Waals surface area contributed by atoms with Crippen LogP contribution in [0.25, 0.3) is 0 Å². The van der Waals surface area contributed by atoms with Gasteiger partial charge in [0.05, 0.1) is 18.1 Å². The SMILES string of the molecule is CC(C)C(C)(N=C=NCCCN(C)C)C(C)C.Cl. The molecule has 3 nitrogen and oxygen atoms in total. The molecule has 0 fully saturated rings. The predicted octanol–water partition coefficient (Wildman–Crippen LogP) is 3.60. The minimum atomic E-state index is -0.0505. The Morgan fingerprint density at radius 3 is 2.00 bits per heavy atom. The Morgan fingerprint density at radius 1 is 1.11 bits per heavy atom. The van der Waals surface area contributed by atoms with Gasteiger partial charge in [0.25, 0.3) is 0 Å². The third kappa shape index (κ3) is 7.15. The van der Waals surface area contributed by atoms with Crippen LogP contribution < -0.4 is 0 Å². The smallest absolute Gasteiger partial charge is 0.0898 e. The molecule has 0 saturated carbocycles. The van der Waals surface area contributed by atoms with E-state index >= 15 is 0 Å². The lowest BCUT2D eigenvalue weighted by molar-refractivity contribution is 0.254. The lowest BCUT2D eigenvalue weighted by atomic mass is 9.79. The summed E-state index contributed by atoms with van der Waals surface area (Å²) in [6.07, 6.45) is 1.07. The van der Waals surface area contributed by atoms with Gasteiger partial charge in [-0.2, -0.15) is 0 Å². The van der Waals surface area contributed by atoms with Crippen molar-refractivity contribution in [3.05, 3.63) is 0 Å². The first kappa shape index (κ1) is 20.0. The zero-order valence-electron chi connectivity index (χ0n) is 13.0. The first-order valence-corrected chi connectivity index (χ1v) is 6.58. The predicted molar refractivity (Wildman–Crippen MR) is 83.2 cm³/mol. The number of hydrogen-bond acceptors (Lipinski definition) is 3. The van der Waals surface area contributed by atoms with Gasteiger partial charge in [-0.25, -0.2) is 9.98 Å². The number of halogens is 1. The van der Waals surface area contributed by atoms with Gasteiger partial charge in [-0.1, -0.05) is 27.7 Å². The first-order chi connectivity index (χ1) is 7.80. The average Bonchev–Trinajstić information content (AvgIpc) is 2.21. The molecule has 0 spiro atoms. The molecular formula is C14H30ClN3. The Bertz CT molecular complexity index is 258. The second kappa shape index (κ2) is 9.55. The molecule has 0 aliphatic carbocycles. The van der Waals surface area contributed by atoms with Gasteiger partial charge in [-0.3, -0.25) is 0 Å². The van der Waals surface area contributed by atoms with Gasteiger partial charge in [-0.15, -0.1) is 12.4 Å². The fourth-order valence-corrected chi connectivity index (χ4v) is 1.58. The molecular weight excluding hydrogens is 246 g/mol. The van der Waals surface area contributed by atoms with Crippen LogP contribution in [0.2, 0.25) is 0 Å². The summed E-state index contributed by atoms with van der Waals surface area (Å²) in [5, 5.41) is 0. The quantitative estimate of drug-likeness (QED) is 0.515. The maximum Gasteiger partial charge on any atom is 0.0898 e. The standard InChI is InChI=1S/C14H29N3.ClH/c1-12(2)14(5,13(3)4)16-11-15-9-8-10-17(6)7;/h12-13H,8-10H2,1-7H3;1H. The molecule has 0 unspecified atom stereocenters. The van der Waals surface area contributed by atoms with E-state index in [-0.39, 0.29) is 17.9 Å². The molecule has 0 aromatic rings. The molecule has 0 atom stereocenters. The van der Waals surface area contributed by atoms with E-state index in [4.69, 9.17) is 0 Å². The third-order valence-electron chi connectivity index (χ3n) is 3.57. The van der Waals surface area contributed by atoms with Gasteiger partial charge in [0.1, 0.15) is 0 Å². The zero-order valence-corrected chi connectivity index (χ0v) is 13.8. The minimum Gasteiger partial charge on any atom is -0.309 e. The van der Waals surface area contributed by atoms with E-state index in [0.717, 1.165) is 19.5 Å². The summed E-state index contributed by atoms with van der Waals surface area (Å²) in [5.74, 6) is 1.01. The summed E-state index contributed by atoms with van der Waals surface area (Å²) in [5.41, 5.74) is -0.0505. The average molecular weight is 276 g/mol. The van der Waals surface area contributed by atoms with Crippen LogP contribution in [-0.2, 0) is 0 Å². The molecule has 0 rings (SSSR count). The molecule has 0 saturated heterocycles. The largest absolute Gasteiger partial charge is 0.309 e. The summed E-state index contributed by atoms with van der Waals surface area (Å²) in [4.78, 5) is 11.0. The third-order valence-corrected chi connectivity index (χ3v) is 3.57. The van der Waals surface area contributed by atoms with Crippen molar-refractivity contribution in [1.29, 1.82) is 0 Å².